The standard InChI is InChI=1S/C16H16O5/c1-19-13-8-10(9-14(20-2)16(13)21-3)15(18)11-6-4-5-7-12(11)17/h4-9,17H,1-3H3. The maximum absolute atomic E-state index is 12.5. The highest BCUT2D eigenvalue weighted by atomic mass is 16.5. The van der Waals surface area contributed by atoms with Crippen LogP contribution in [-0.4, -0.2) is 32.2 Å². The first-order valence-corrected chi connectivity index (χ1v) is 6.25. The Morgan fingerprint density at radius 3 is 2.00 bits per heavy atom. The summed E-state index contributed by atoms with van der Waals surface area (Å²) in [6.45, 7) is 0. The average Bonchev–Trinajstić information content (AvgIpc) is 2.53. The summed E-state index contributed by atoms with van der Waals surface area (Å²) < 4.78 is 15.6. The third-order valence-electron chi connectivity index (χ3n) is 3.08. The zero-order chi connectivity index (χ0) is 15.4. The van der Waals surface area contributed by atoms with E-state index in [2.05, 4.69) is 0 Å². The van der Waals surface area contributed by atoms with Crippen LogP contribution in [0.1, 0.15) is 15.9 Å². The molecule has 0 radical (unpaired) electrons. The van der Waals surface area contributed by atoms with Crippen molar-refractivity contribution in [1.82, 2.24) is 0 Å². The molecule has 0 amide bonds. The summed E-state index contributed by atoms with van der Waals surface area (Å²) in [5, 5.41) is 9.79. The van der Waals surface area contributed by atoms with Gasteiger partial charge in [-0.3, -0.25) is 4.79 Å². The van der Waals surface area contributed by atoms with Gasteiger partial charge in [-0.05, 0) is 24.3 Å². The smallest absolute Gasteiger partial charge is 0.203 e. The molecule has 2 aromatic rings. The van der Waals surface area contributed by atoms with Gasteiger partial charge in [-0.25, -0.2) is 0 Å². The number of phenols is 1. The number of hydrogen-bond donors (Lipinski definition) is 1. The topological polar surface area (TPSA) is 65.0 Å². The summed E-state index contributed by atoms with van der Waals surface area (Å²) in [4.78, 5) is 12.5. The van der Waals surface area contributed by atoms with Crippen molar-refractivity contribution in [1.29, 1.82) is 0 Å². The molecule has 2 rings (SSSR count). The average molecular weight is 288 g/mol. The molecule has 5 nitrogen and oxygen atoms in total. The zero-order valence-electron chi connectivity index (χ0n) is 12.0. The lowest BCUT2D eigenvalue weighted by molar-refractivity contribution is 0.103. The molecule has 0 bridgehead atoms. The molecule has 0 fully saturated rings. The molecule has 2 aromatic carbocycles. The molecule has 1 N–H and O–H groups in total. The van der Waals surface area contributed by atoms with Crippen LogP contribution in [0.5, 0.6) is 23.0 Å². The lowest BCUT2D eigenvalue weighted by Crippen LogP contribution is -2.04. The fraction of sp³-hybridized carbons (Fsp3) is 0.188. The van der Waals surface area contributed by atoms with Crippen LogP contribution in [0.25, 0.3) is 0 Å². The van der Waals surface area contributed by atoms with Gasteiger partial charge in [-0.2, -0.15) is 0 Å². The Kier molecular flexibility index (Phi) is 4.33. The van der Waals surface area contributed by atoms with Gasteiger partial charge in [-0.15, -0.1) is 0 Å². The van der Waals surface area contributed by atoms with Gasteiger partial charge in [0.15, 0.2) is 17.3 Å². The molecule has 0 saturated heterocycles. The SMILES string of the molecule is COc1cc(C(=O)c2ccccc2O)cc(OC)c1OC. The van der Waals surface area contributed by atoms with Crippen LogP contribution in [0.15, 0.2) is 36.4 Å². The second-order valence-electron chi connectivity index (χ2n) is 4.26. The van der Waals surface area contributed by atoms with E-state index in [4.69, 9.17) is 14.2 Å². The van der Waals surface area contributed by atoms with Crippen LogP contribution in [0.3, 0.4) is 0 Å². The summed E-state index contributed by atoms with van der Waals surface area (Å²) in [7, 11) is 4.45. The van der Waals surface area contributed by atoms with Crippen molar-refractivity contribution < 1.29 is 24.1 Å². The number of rotatable bonds is 5. The first-order chi connectivity index (χ1) is 10.1. The van der Waals surface area contributed by atoms with Gasteiger partial charge in [0.2, 0.25) is 5.75 Å². The van der Waals surface area contributed by atoms with Gasteiger partial charge in [-0.1, -0.05) is 12.1 Å². The lowest BCUT2D eigenvalue weighted by atomic mass is 10.0. The second-order valence-corrected chi connectivity index (χ2v) is 4.26. The number of ether oxygens (including phenoxy) is 3. The Morgan fingerprint density at radius 1 is 0.952 bits per heavy atom. The molecule has 0 saturated carbocycles. The summed E-state index contributed by atoms with van der Waals surface area (Å²) in [5.74, 6) is 0.781. The molecular weight excluding hydrogens is 272 g/mol. The van der Waals surface area contributed by atoms with Crippen LogP contribution in [0.4, 0.5) is 0 Å². The van der Waals surface area contributed by atoms with E-state index >= 15 is 0 Å². The zero-order valence-corrected chi connectivity index (χ0v) is 12.0. The normalized spacial score (nSPS) is 10.0. The minimum absolute atomic E-state index is 0.0729. The van der Waals surface area contributed by atoms with Crippen molar-refractivity contribution >= 4 is 5.78 Å². The lowest BCUT2D eigenvalue weighted by Gasteiger charge is -2.14. The van der Waals surface area contributed by atoms with Crippen LogP contribution in [0.2, 0.25) is 0 Å². The van der Waals surface area contributed by atoms with Crippen LogP contribution >= 0.6 is 0 Å². The van der Waals surface area contributed by atoms with Gasteiger partial charge in [0.1, 0.15) is 5.75 Å². The number of para-hydroxylation sites is 1. The van der Waals surface area contributed by atoms with Crippen molar-refractivity contribution in [3.63, 3.8) is 0 Å². The van der Waals surface area contributed by atoms with Gasteiger partial charge >= 0.3 is 0 Å². The van der Waals surface area contributed by atoms with E-state index in [1.165, 1.54) is 27.4 Å². The maximum Gasteiger partial charge on any atom is 0.203 e. The van der Waals surface area contributed by atoms with Gasteiger partial charge in [0, 0.05) is 5.56 Å². The van der Waals surface area contributed by atoms with Gasteiger partial charge in [0.05, 0.1) is 26.9 Å². The highest BCUT2D eigenvalue weighted by Crippen LogP contribution is 2.39. The first-order valence-electron chi connectivity index (χ1n) is 6.25. The van der Waals surface area contributed by atoms with E-state index in [9.17, 15) is 9.90 Å². The number of carbonyl (C=O) groups excluding carboxylic acids is 1. The first kappa shape index (κ1) is 14.7. The molecule has 0 aliphatic rings. The van der Waals surface area contributed by atoms with E-state index < -0.39 is 0 Å². The third-order valence-corrected chi connectivity index (χ3v) is 3.08. The molecular formula is C16H16O5. The van der Waals surface area contributed by atoms with E-state index in [-0.39, 0.29) is 17.1 Å². The quantitative estimate of drug-likeness (QED) is 0.857. The van der Waals surface area contributed by atoms with E-state index in [1.807, 2.05) is 0 Å². The van der Waals surface area contributed by atoms with E-state index in [1.54, 1.807) is 30.3 Å². The summed E-state index contributed by atoms with van der Waals surface area (Å²) in [5.41, 5.74) is 0.553. The number of phenolic OH excluding ortho intramolecular Hbond substituents is 1. The van der Waals surface area contributed by atoms with Crippen molar-refractivity contribution in [2.45, 2.75) is 0 Å². The summed E-state index contributed by atoms with van der Waals surface area (Å²) in [6, 6.07) is 9.46. The number of benzene rings is 2. The molecule has 0 aliphatic heterocycles. The molecule has 0 unspecified atom stereocenters. The monoisotopic (exact) mass is 288 g/mol. The number of aromatic hydroxyl groups is 1. The van der Waals surface area contributed by atoms with Crippen molar-refractivity contribution in [3.8, 4) is 23.0 Å². The molecule has 0 atom stereocenters. The van der Waals surface area contributed by atoms with Crippen LogP contribution in [0, 0.1) is 0 Å². The highest BCUT2D eigenvalue weighted by molar-refractivity contribution is 6.11. The summed E-state index contributed by atoms with van der Waals surface area (Å²) >= 11 is 0. The molecule has 110 valence electrons. The van der Waals surface area contributed by atoms with E-state index in [0.29, 0.717) is 22.8 Å². The maximum atomic E-state index is 12.5. The van der Waals surface area contributed by atoms with Crippen LogP contribution < -0.4 is 14.2 Å². The predicted molar refractivity (Wildman–Crippen MR) is 77.6 cm³/mol. The number of carbonyl (C=O) groups is 1. The van der Waals surface area contributed by atoms with Gasteiger partial charge in [0.25, 0.3) is 0 Å². The van der Waals surface area contributed by atoms with Gasteiger partial charge < -0.3 is 19.3 Å². The Balaban J connectivity index is 2.54. The molecule has 21 heavy (non-hydrogen) atoms. The van der Waals surface area contributed by atoms with E-state index in [0.717, 1.165) is 0 Å². The minimum Gasteiger partial charge on any atom is -0.507 e. The largest absolute Gasteiger partial charge is 0.507 e. The fourth-order valence-corrected chi connectivity index (χ4v) is 2.03. The minimum atomic E-state index is -0.327. The Morgan fingerprint density at radius 2 is 1.52 bits per heavy atom. The molecule has 0 aromatic heterocycles. The van der Waals surface area contributed by atoms with Crippen molar-refractivity contribution in [2.75, 3.05) is 21.3 Å². The predicted octanol–water partition coefficient (Wildman–Crippen LogP) is 2.65. The molecule has 0 spiro atoms. The fourth-order valence-electron chi connectivity index (χ4n) is 2.03. The molecule has 0 heterocycles. The third kappa shape index (κ3) is 2.76. The number of ketones is 1. The van der Waals surface area contributed by atoms with Crippen molar-refractivity contribution in [2.24, 2.45) is 0 Å². The molecule has 0 aliphatic carbocycles. The summed E-state index contributed by atoms with van der Waals surface area (Å²) in [6.07, 6.45) is 0. The Bertz CT molecular complexity index is 638. The number of hydrogen-bond acceptors (Lipinski definition) is 5. The Labute approximate surface area is 122 Å². The van der Waals surface area contributed by atoms with Crippen LogP contribution in [-0.2, 0) is 0 Å². The Hall–Kier alpha value is -2.69. The highest BCUT2D eigenvalue weighted by Gasteiger charge is 2.19. The molecule has 5 heteroatoms. The van der Waals surface area contributed by atoms with Crippen molar-refractivity contribution in [3.05, 3.63) is 47.5 Å². The number of methoxy groups -OCH3 is 3. The second kappa shape index (κ2) is 6.17.